The maximum Gasteiger partial charge on any atom is 0.320 e. The fourth-order valence-electron chi connectivity index (χ4n) is 2.06. The molecule has 7 nitrogen and oxygen atoms in total. The van der Waals surface area contributed by atoms with Crippen LogP contribution in [0, 0.1) is 12.3 Å². The number of carbonyl (C=O) groups excluding carboxylic acids is 1. The van der Waals surface area contributed by atoms with Crippen LogP contribution in [-0.4, -0.2) is 27.5 Å². The molecule has 2 aromatic rings. The molecular weight excluding hydrogens is 316 g/mol. The molecule has 0 aliphatic rings. The average molecular weight is 336 g/mol. The maximum atomic E-state index is 11.6. The number of anilines is 2. The molecule has 0 saturated heterocycles. The maximum absolute atomic E-state index is 11.6. The highest BCUT2D eigenvalue weighted by Gasteiger charge is 2.07. The molecule has 0 spiro atoms. The first-order valence-corrected chi connectivity index (χ1v) is 7.83. The monoisotopic (exact) mass is 336 g/mol. The quantitative estimate of drug-likeness (QED) is 0.576. The highest BCUT2D eigenvalue weighted by atomic mass is 16.2. The van der Waals surface area contributed by atoms with E-state index in [0.717, 1.165) is 5.57 Å². The lowest BCUT2D eigenvalue weighted by atomic mass is 10.2. The van der Waals surface area contributed by atoms with Gasteiger partial charge in [0.1, 0.15) is 11.3 Å². The number of terminal acetylenes is 1. The van der Waals surface area contributed by atoms with E-state index in [1.165, 1.54) is 0 Å². The van der Waals surface area contributed by atoms with Crippen molar-refractivity contribution in [3.05, 3.63) is 41.8 Å². The Labute approximate surface area is 146 Å². The first kappa shape index (κ1) is 17.9. The summed E-state index contributed by atoms with van der Waals surface area (Å²) < 4.78 is 0. The third-order valence-corrected chi connectivity index (χ3v) is 3.19. The number of allylic oxidation sites excluding steroid dienone is 4. The van der Waals surface area contributed by atoms with Crippen molar-refractivity contribution in [2.24, 2.45) is 0 Å². The van der Waals surface area contributed by atoms with Crippen molar-refractivity contribution in [1.29, 1.82) is 0 Å². The zero-order chi connectivity index (χ0) is 18.2. The van der Waals surface area contributed by atoms with Crippen LogP contribution in [0.5, 0.6) is 0 Å². The Hall–Kier alpha value is -3.40. The second-order valence-corrected chi connectivity index (χ2v) is 5.11. The highest BCUT2D eigenvalue weighted by molar-refractivity contribution is 5.89. The van der Waals surface area contributed by atoms with Crippen molar-refractivity contribution in [3.63, 3.8) is 0 Å². The van der Waals surface area contributed by atoms with Gasteiger partial charge in [0.05, 0.1) is 11.9 Å². The van der Waals surface area contributed by atoms with E-state index in [9.17, 15) is 4.79 Å². The van der Waals surface area contributed by atoms with Crippen LogP contribution in [0.25, 0.3) is 11.2 Å². The molecule has 2 amide bonds. The molecule has 0 bridgehead atoms. The first-order valence-electron chi connectivity index (χ1n) is 7.83. The molecule has 0 atom stereocenters. The van der Waals surface area contributed by atoms with Crippen LogP contribution in [0.4, 0.5) is 16.4 Å². The lowest BCUT2D eigenvalue weighted by molar-refractivity contribution is 0.252. The van der Waals surface area contributed by atoms with E-state index in [1.807, 2.05) is 32.9 Å². The summed E-state index contributed by atoms with van der Waals surface area (Å²) >= 11 is 0. The summed E-state index contributed by atoms with van der Waals surface area (Å²) in [7, 11) is 0. The minimum atomic E-state index is -0.323. The molecule has 7 heteroatoms. The summed E-state index contributed by atoms with van der Waals surface area (Å²) in [6, 6.07) is 3.09. The minimum Gasteiger partial charge on any atom is -0.338 e. The van der Waals surface area contributed by atoms with Gasteiger partial charge in [-0.1, -0.05) is 18.1 Å². The Bertz CT molecular complexity index is 879. The number of amides is 2. The normalized spacial score (nSPS) is 11.8. The first-order chi connectivity index (χ1) is 12.1. The van der Waals surface area contributed by atoms with Crippen molar-refractivity contribution in [2.45, 2.75) is 20.8 Å². The largest absolute Gasteiger partial charge is 0.338 e. The minimum absolute atomic E-state index is 0.323. The standard InChI is InChI=1S/C18H20N6O/c1-5-8-12(4)13(6-2)21-16-11-20-14-9-10-15(22-17(14)23-16)24-18(25)19-7-3/h2,5,8-11H,7H2,1,3-4H3,(H3,19,21,22,23,24,25)/b8-5-,13-12+. The average Bonchev–Trinajstić information content (AvgIpc) is 2.59. The number of carbonyl (C=O) groups is 1. The number of nitrogens with one attached hydrogen (secondary N) is 3. The van der Waals surface area contributed by atoms with E-state index in [0.29, 0.717) is 35.0 Å². The third kappa shape index (κ3) is 4.78. The zero-order valence-corrected chi connectivity index (χ0v) is 14.4. The molecule has 0 radical (unpaired) electrons. The van der Waals surface area contributed by atoms with Crippen LogP contribution in [0.2, 0.25) is 0 Å². The van der Waals surface area contributed by atoms with E-state index in [1.54, 1.807) is 18.3 Å². The Kier molecular flexibility index (Phi) is 6.07. The summed E-state index contributed by atoms with van der Waals surface area (Å²) in [4.78, 5) is 24.6. The predicted octanol–water partition coefficient (Wildman–Crippen LogP) is 3.06. The van der Waals surface area contributed by atoms with Crippen molar-refractivity contribution >= 4 is 28.8 Å². The molecule has 0 unspecified atom stereocenters. The number of hydrogen-bond donors (Lipinski definition) is 3. The van der Waals surface area contributed by atoms with Crippen molar-refractivity contribution in [1.82, 2.24) is 20.3 Å². The predicted molar refractivity (Wildman–Crippen MR) is 100.0 cm³/mol. The number of urea groups is 1. The van der Waals surface area contributed by atoms with E-state index in [2.05, 4.69) is 36.8 Å². The SMILES string of the molecule is C#C/C(Nc1cnc2ccc(NC(=O)NCC)nc2n1)=C(C)\C=C/C. The van der Waals surface area contributed by atoms with Crippen LogP contribution in [0.15, 0.2) is 41.8 Å². The topological polar surface area (TPSA) is 91.8 Å². The van der Waals surface area contributed by atoms with Gasteiger partial charge in [0, 0.05) is 6.54 Å². The van der Waals surface area contributed by atoms with Crippen molar-refractivity contribution in [3.8, 4) is 12.3 Å². The van der Waals surface area contributed by atoms with Gasteiger partial charge in [-0.3, -0.25) is 5.32 Å². The molecule has 25 heavy (non-hydrogen) atoms. The molecule has 2 rings (SSSR count). The molecule has 3 N–H and O–H groups in total. The second-order valence-electron chi connectivity index (χ2n) is 5.11. The number of nitrogens with zero attached hydrogens (tertiary/aromatic N) is 3. The van der Waals surface area contributed by atoms with Gasteiger partial charge >= 0.3 is 6.03 Å². The Morgan fingerprint density at radius 3 is 2.72 bits per heavy atom. The lowest BCUT2D eigenvalue weighted by Crippen LogP contribution is -2.28. The Morgan fingerprint density at radius 2 is 2.04 bits per heavy atom. The zero-order valence-electron chi connectivity index (χ0n) is 14.4. The van der Waals surface area contributed by atoms with Gasteiger partial charge in [-0.15, -0.1) is 6.42 Å². The second kappa shape index (κ2) is 8.45. The van der Waals surface area contributed by atoms with Gasteiger partial charge in [-0.25, -0.2) is 19.7 Å². The van der Waals surface area contributed by atoms with Crippen LogP contribution in [0.3, 0.4) is 0 Å². The molecule has 0 aliphatic carbocycles. The van der Waals surface area contributed by atoms with Crippen LogP contribution >= 0.6 is 0 Å². The summed E-state index contributed by atoms with van der Waals surface area (Å²) in [6.07, 6.45) is 10.9. The van der Waals surface area contributed by atoms with Crippen LogP contribution < -0.4 is 16.0 Å². The van der Waals surface area contributed by atoms with Gasteiger partial charge < -0.3 is 10.6 Å². The summed E-state index contributed by atoms with van der Waals surface area (Å²) in [5.41, 5.74) is 2.53. The van der Waals surface area contributed by atoms with E-state index < -0.39 is 0 Å². The molecule has 2 heterocycles. The highest BCUT2D eigenvalue weighted by Crippen LogP contribution is 2.15. The molecule has 2 aromatic heterocycles. The summed E-state index contributed by atoms with van der Waals surface area (Å²) in [5, 5.41) is 8.34. The van der Waals surface area contributed by atoms with E-state index in [4.69, 9.17) is 6.42 Å². The molecular formula is C18H20N6O. The van der Waals surface area contributed by atoms with Crippen LogP contribution in [0.1, 0.15) is 20.8 Å². The third-order valence-electron chi connectivity index (χ3n) is 3.19. The van der Waals surface area contributed by atoms with Crippen molar-refractivity contribution < 1.29 is 4.79 Å². The smallest absolute Gasteiger partial charge is 0.320 e. The van der Waals surface area contributed by atoms with Gasteiger partial charge in [0.2, 0.25) is 0 Å². The van der Waals surface area contributed by atoms with Gasteiger partial charge in [-0.05, 0) is 38.5 Å². The van der Waals surface area contributed by atoms with E-state index >= 15 is 0 Å². The fraction of sp³-hybridized carbons (Fsp3) is 0.222. The van der Waals surface area contributed by atoms with Crippen molar-refractivity contribution in [2.75, 3.05) is 17.2 Å². The van der Waals surface area contributed by atoms with E-state index in [-0.39, 0.29) is 6.03 Å². The number of rotatable bonds is 5. The van der Waals surface area contributed by atoms with Gasteiger partial charge in [0.25, 0.3) is 0 Å². The molecule has 128 valence electrons. The molecule has 0 fully saturated rings. The van der Waals surface area contributed by atoms with Gasteiger partial charge in [0.15, 0.2) is 11.5 Å². The summed E-state index contributed by atoms with van der Waals surface area (Å²) in [6.45, 7) is 6.19. The number of aromatic nitrogens is 3. The van der Waals surface area contributed by atoms with Gasteiger partial charge in [-0.2, -0.15) is 0 Å². The number of pyridine rings is 1. The lowest BCUT2D eigenvalue weighted by Gasteiger charge is -2.08. The number of fused-ring (bicyclic) bond motifs is 1. The fourth-order valence-corrected chi connectivity index (χ4v) is 2.06. The Balaban J connectivity index is 2.30. The molecule has 0 saturated carbocycles. The summed E-state index contributed by atoms with van der Waals surface area (Å²) in [5.74, 6) is 3.47. The number of hydrogen-bond acceptors (Lipinski definition) is 5. The Morgan fingerprint density at radius 1 is 1.28 bits per heavy atom. The molecule has 0 aliphatic heterocycles. The molecule has 0 aromatic carbocycles. The van der Waals surface area contributed by atoms with Crippen LogP contribution in [-0.2, 0) is 0 Å².